The Morgan fingerprint density at radius 2 is 1.87 bits per heavy atom. The molecular formula is C16H26N4O3. The lowest BCUT2D eigenvalue weighted by atomic mass is 9.94. The van der Waals surface area contributed by atoms with Gasteiger partial charge in [0, 0.05) is 19.0 Å². The van der Waals surface area contributed by atoms with E-state index in [2.05, 4.69) is 15.0 Å². The van der Waals surface area contributed by atoms with Crippen LogP contribution in [-0.2, 0) is 16.1 Å². The number of ether oxygens (including phenoxy) is 1. The van der Waals surface area contributed by atoms with Crippen LogP contribution in [0, 0.1) is 12.8 Å². The standard InChI is InChI=1S/C16H26N4O3/c1-11-8-20(9-12(2)22-11)16(21)14-4-6-19(7-5-14)10-15-17-13(3)18-23-15/h11-12,14H,4-10H2,1-3H3/t11-,12+. The maximum atomic E-state index is 12.7. The van der Waals surface area contributed by atoms with Gasteiger partial charge in [-0.1, -0.05) is 5.16 Å². The molecule has 2 aliphatic rings. The predicted octanol–water partition coefficient (Wildman–Crippen LogP) is 1.23. The van der Waals surface area contributed by atoms with E-state index < -0.39 is 0 Å². The molecule has 0 aliphatic carbocycles. The van der Waals surface area contributed by atoms with E-state index in [0.29, 0.717) is 37.3 Å². The summed E-state index contributed by atoms with van der Waals surface area (Å²) in [6.45, 7) is 9.78. The van der Waals surface area contributed by atoms with Gasteiger partial charge in [0.15, 0.2) is 5.82 Å². The molecule has 0 spiro atoms. The van der Waals surface area contributed by atoms with Crippen LogP contribution in [0.2, 0.25) is 0 Å². The number of rotatable bonds is 3. The van der Waals surface area contributed by atoms with E-state index in [-0.39, 0.29) is 18.1 Å². The molecule has 2 atom stereocenters. The Labute approximate surface area is 137 Å². The Hall–Kier alpha value is -1.47. The highest BCUT2D eigenvalue weighted by Gasteiger charge is 2.32. The molecule has 23 heavy (non-hydrogen) atoms. The van der Waals surface area contributed by atoms with Crippen molar-refractivity contribution in [3.05, 3.63) is 11.7 Å². The summed E-state index contributed by atoms with van der Waals surface area (Å²) < 4.78 is 10.9. The largest absolute Gasteiger partial charge is 0.372 e. The zero-order valence-corrected chi connectivity index (χ0v) is 14.2. The molecule has 0 unspecified atom stereocenters. The molecule has 0 N–H and O–H groups in total. The third kappa shape index (κ3) is 4.09. The van der Waals surface area contributed by atoms with E-state index in [1.807, 2.05) is 25.7 Å². The first kappa shape index (κ1) is 16.4. The van der Waals surface area contributed by atoms with E-state index in [1.54, 1.807) is 0 Å². The molecule has 0 radical (unpaired) electrons. The highest BCUT2D eigenvalue weighted by atomic mass is 16.5. The average Bonchev–Trinajstić information content (AvgIpc) is 2.91. The highest BCUT2D eigenvalue weighted by molar-refractivity contribution is 5.79. The lowest BCUT2D eigenvalue weighted by Crippen LogP contribution is -2.51. The molecule has 0 bridgehead atoms. The summed E-state index contributed by atoms with van der Waals surface area (Å²) in [7, 11) is 0. The normalized spacial score (nSPS) is 27.3. The van der Waals surface area contributed by atoms with Gasteiger partial charge in [-0.15, -0.1) is 0 Å². The van der Waals surface area contributed by atoms with Gasteiger partial charge in [0.25, 0.3) is 0 Å². The first-order valence-electron chi connectivity index (χ1n) is 8.47. The molecule has 1 aromatic rings. The van der Waals surface area contributed by atoms with E-state index in [0.717, 1.165) is 25.9 Å². The monoisotopic (exact) mass is 322 g/mol. The molecule has 7 nitrogen and oxygen atoms in total. The quantitative estimate of drug-likeness (QED) is 0.833. The topological polar surface area (TPSA) is 71.7 Å². The number of piperidine rings is 1. The molecule has 2 aliphatic heterocycles. The van der Waals surface area contributed by atoms with Crippen molar-refractivity contribution in [2.45, 2.75) is 52.4 Å². The lowest BCUT2D eigenvalue weighted by molar-refractivity contribution is -0.149. The van der Waals surface area contributed by atoms with Crippen molar-refractivity contribution in [2.24, 2.45) is 5.92 Å². The number of likely N-dealkylation sites (tertiary alicyclic amines) is 1. The summed E-state index contributed by atoms with van der Waals surface area (Å²) >= 11 is 0. The zero-order valence-electron chi connectivity index (χ0n) is 14.2. The summed E-state index contributed by atoms with van der Waals surface area (Å²) in [6, 6.07) is 0. The number of hydrogen-bond donors (Lipinski definition) is 0. The van der Waals surface area contributed by atoms with Gasteiger partial charge in [0.2, 0.25) is 11.8 Å². The first-order chi connectivity index (χ1) is 11.0. The molecule has 1 aromatic heterocycles. The van der Waals surface area contributed by atoms with Crippen molar-refractivity contribution in [1.29, 1.82) is 0 Å². The molecule has 2 saturated heterocycles. The fourth-order valence-corrected chi connectivity index (χ4v) is 3.55. The Morgan fingerprint density at radius 1 is 1.22 bits per heavy atom. The van der Waals surface area contributed by atoms with Crippen molar-refractivity contribution in [3.63, 3.8) is 0 Å². The van der Waals surface area contributed by atoms with Crippen LogP contribution in [0.3, 0.4) is 0 Å². The van der Waals surface area contributed by atoms with Gasteiger partial charge in [-0.05, 0) is 46.7 Å². The molecule has 1 amide bonds. The molecule has 3 rings (SSSR count). The van der Waals surface area contributed by atoms with Crippen LogP contribution in [-0.4, -0.2) is 64.2 Å². The van der Waals surface area contributed by atoms with Gasteiger partial charge in [-0.25, -0.2) is 0 Å². The minimum Gasteiger partial charge on any atom is -0.372 e. The number of hydrogen-bond acceptors (Lipinski definition) is 6. The van der Waals surface area contributed by atoms with E-state index in [9.17, 15) is 4.79 Å². The number of aromatic nitrogens is 2. The van der Waals surface area contributed by atoms with Crippen molar-refractivity contribution < 1.29 is 14.1 Å². The minimum atomic E-state index is 0.128. The average molecular weight is 322 g/mol. The Bertz CT molecular complexity index is 529. The van der Waals surface area contributed by atoms with Crippen molar-refractivity contribution in [3.8, 4) is 0 Å². The first-order valence-corrected chi connectivity index (χ1v) is 8.47. The highest BCUT2D eigenvalue weighted by Crippen LogP contribution is 2.23. The molecule has 2 fully saturated rings. The molecule has 0 saturated carbocycles. The third-order valence-corrected chi connectivity index (χ3v) is 4.60. The predicted molar refractivity (Wildman–Crippen MR) is 83.6 cm³/mol. The van der Waals surface area contributed by atoms with Crippen molar-refractivity contribution >= 4 is 5.91 Å². The second kappa shape index (κ2) is 6.97. The van der Waals surface area contributed by atoms with Gasteiger partial charge in [-0.2, -0.15) is 4.98 Å². The van der Waals surface area contributed by atoms with E-state index in [4.69, 9.17) is 9.26 Å². The molecular weight excluding hydrogens is 296 g/mol. The van der Waals surface area contributed by atoms with Crippen LogP contribution >= 0.6 is 0 Å². The molecule has 0 aromatic carbocycles. The number of carbonyl (C=O) groups excluding carboxylic acids is 1. The fourth-order valence-electron chi connectivity index (χ4n) is 3.55. The van der Waals surface area contributed by atoms with E-state index >= 15 is 0 Å². The number of morpholine rings is 1. The van der Waals surface area contributed by atoms with Crippen LogP contribution in [0.4, 0.5) is 0 Å². The molecule has 128 valence electrons. The lowest BCUT2D eigenvalue weighted by Gasteiger charge is -2.39. The third-order valence-electron chi connectivity index (χ3n) is 4.60. The van der Waals surface area contributed by atoms with Crippen molar-refractivity contribution in [2.75, 3.05) is 26.2 Å². The summed E-state index contributed by atoms with van der Waals surface area (Å²) in [5.41, 5.74) is 0. The van der Waals surface area contributed by atoms with Gasteiger partial charge < -0.3 is 14.2 Å². The Balaban J connectivity index is 1.49. The van der Waals surface area contributed by atoms with Crippen molar-refractivity contribution in [1.82, 2.24) is 19.9 Å². The summed E-state index contributed by atoms with van der Waals surface area (Å²) in [6.07, 6.45) is 2.05. The maximum Gasteiger partial charge on any atom is 0.240 e. The number of aryl methyl sites for hydroxylation is 1. The number of nitrogens with zero attached hydrogens (tertiary/aromatic N) is 4. The Kier molecular flexibility index (Phi) is 4.96. The summed E-state index contributed by atoms with van der Waals surface area (Å²) in [5, 5.41) is 3.82. The smallest absolute Gasteiger partial charge is 0.240 e. The summed E-state index contributed by atoms with van der Waals surface area (Å²) in [4.78, 5) is 21.2. The van der Waals surface area contributed by atoms with Crippen LogP contribution in [0.5, 0.6) is 0 Å². The van der Waals surface area contributed by atoms with Gasteiger partial charge in [-0.3, -0.25) is 9.69 Å². The zero-order chi connectivity index (χ0) is 16.4. The second-order valence-corrected chi connectivity index (χ2v) is 6.79. The van der Waals surface area contributed by atoms with Crippen LogP contribution in [0.1, 0.15) is 38.4 Å². The van der Waals surface area contributed by atoms with Gasteiger partial charge in [0.1, 0.15) is 0 Å². The van der Waals surface area contributed by atoms with Crippen LogP contribution < -0.4 is 0 Å². The minimum absolute atomic E-state index is 0.128. The summed E-state index contributed by atoms with van der Waals surface area (Å²) in [5.74, 6) is 1.75. The van der Waals surface area contributed by atoms with Crippen LogP contribution in [0.15, 0.2) is 4.52 Å². The number of carbonyl (C=O) groups is 1. The van der Waals surface area contributed by atoms with Crippen LogP contribution in [0.25, 0.3) is 0 Å². The van der Waals surface area contributed by atoms with Gasteiger partial charge in [0.05, 0.1) is 18.8 Å². The van der Waals surface area contributed by atoms with E-state index in [1.165, 1.54) is 0 Å². The van der Waals surface area contributed by atoms with Gasteiger partial charge >= 0.3 is 0 Å². The SMILES string of the molecule is Cc1noc(CN2CCC(C(=O)N3C[C@@H](C)O[C@@H](C)C3)CC2)n1. The Morgan fingerprint density at radius 3 is 2.43 bits per heavy atom. The second-order valence-electron chi connectivity index (χ2n) is 6.79. The maximum absolute atomic E-state index is 12.7. The molecule has 3 heterocycles. The fraction of sp³-hybridized carbons (Fsp3) is 0.812. The number of amides is 1. The molecule has 7 heteroatoms.